The van der Waals surface area contributed by atoms with Crippen LogP contribution in [0.5, 0.6) is 5.75 Å². The summed E-state index contributed by atoms with van der Waals surface area (Å²) in [7, 11) is 1.48. The molecular formula is C25H22F3N5O2. The third-order valence-electron chi connectivity index (χ3n) is 6.14. The Morgan fingerprint density at radius 3 is 2.71 bits per heavy atom. The van der Waals surface area contributed by atoms with Gasteiger partial charge in [-0.15, -0.1) is 0 Å². The van der Waals surface area contributed by atoms with Crippen molar-refractivity contribution < 1.29 is 22.7 Å². The third kappa shape index (κ3) is 4.43. The maximum absolute atomic E-state index is 14.0. The minimum atomic E-state index is -4.70. The van der Waals surface area contributed by atoms with Gasteiger partial charge in [0.1, 0.15) is 5.75 Å². The quantitative estimate of drug-likeness (QED) is 0.401. The maximum atomic E-state index is 14.0. The number of nitrogens with zero attached hydrogens (tertiary/aromatic N) is 5. The van der Waals surface area contributed by atoms with Crippen LogP contribution in [-0.2, 0) is 6.18 Å². The molecule has 1 aliphatic rings. The molecule has 1 aliphatic heterocycles. The largest absolute Gasteiger partial charge is 0.497 e. The average molecular weight is 481 g/mol. The van der Waals surface area contributed by atoms with Crippen molar-refractivity contribution in [3.8, 4) is 17.0 Å². The zero-order valence-corrected chi connectivity index (χ0v) is 18.9. The van der Waals surface area contributed by atoms with Crippen molar-refractivity contribution in [2.45, 2.75) is 31.5 Å². The highest BCUT2D eigenvalue weighted by Gasteiger charge is 2.36. The lowest BCUT2D eigenvalue weighted by molar-refractivity contribution is -0.142. The number of amides is 1. The maximum Gasteiger partial charge on any atom is 0.433 e. The predicted molar refractivity (Wildman–Crippen MR) is 122 cm³/mol. The topological polar surface area (TPSA) is 72.6 Å². The molecule has 1 atom stereocenters. The number of hydrogen-bond donors (Lipinski definition) is 0. The molecule has 1 aromatic carbocycles. The Morgan fingerprint density at radius 1 is 1.11 bits per heavy atom. The van der Waals surface area contributed by atoms with Gasteiger partial charge in [-0.1, -0.05) is 18.2 Å². The van der Waals surface area contributed by atoms with Crippen LogP contribution in [0.3, 0.4) is 0 Å². The minimum Gasteiger partial charge on any atom is -0.497 e. The van der Waals surface area contributed by atoms with Gasteiger partial charge >= 0.3 is 6.18 Å². The van der Waals surface area contributed by atoms with E-state index in [-0.39, 0.29) is 23.1 Å². The first-order valence-corrected chi connectivity index (χ1v) is 11.2. The number of carbonyl (C=O) groups is 1. The molecule has 35 heavy (non-hydrogen) atoms. The lowest BCUT2D eigenvalue weighted by Gasteiger charge is -2.35. The van der Waals surface area contributed by atoms with E-state index in [0.717, 1.165) is 30.9 Å². The van der Waals surface area contributed by atoms with Crippen LogP contribution in [0.25, 0.3) is 16.9 Å². The van der Waals surface area contributed by atoms with E-state index >= 15 is 0 Å². The molecule has 7 nitrogen and oxygen atoms in total. The van der Waals surface area contributed by atoms with E-state index in [2.05, 4.69) is 15.1 Å². The van der Waals surface area contributed by atoms with Gasteiger partial charge in [0, 0.05) is 30.6 Å². The Kier molecular flexibility index (Phi) is 5.88. The number of methoxy groups -OCH3 is 1. The summed E-state index contributed by atoms with van der Waals surface area (Å²) >= 11 is 0. The fourth-order valence-electron chi connectivity index (χ4n) is 4.45. The standard InChI is InChI=1S/C25H22F3N5O2/c1-35-18-8-4-6-16(12-18)19-13-22(25(26,27)28)33-23(30-19)14-20(31-33)24(34)32-11-3-2-9-21(32)17-7-5-10-29-15-17/h4-8,10,12-15,21H,2-3,9,11H2,1H3/t21-/m1/s1. The van der Waals surface area contributed by atoms with E-state index in [4.69, 9.17) is 4.74 Å². The monoisotopic (exact) mass is 481 g/mol. The first-order chi connectivity index (χ1) is 16.8. The summed E-state index contributed by atoms with van der Waals surface area (Å²) in [5.41, 5.74) is 0.297. The lowest BCUT2D eigenvalue weighted by atomic mass is 9.96. The molecule has 0 aliphatic carbocycles. The number of aromatic nitrogens is 4. The van der Waals surface area contributed by atoms with E-state index < -0.39 is 17.8 Å². The zero-order valence-electron chi connectivity index (χ0n) is 18.9. The van der Waals surface area contributed by atoms with Crippen LogP contribution in [0.1, 0.15) is 47.1 Å². The third-order valence-corrected chi connectivity index (χ3v) is 6.14. The molecular weight excluding hydrogens is 459 g/mol. The highest BCUT2D eigenvalue weighted by atomic mass is 19.4. The number of likely N-dealkylation sites (tertiary alicyclic amines) is 1. The van der Waals surface area contributed by atoms with Gasteiger partial charge in [0.05, 0.1) is 18.8 Å². The molecule has 10 heteroatoms. The molecule has 4 heterocycles. The first-order valence-electron chi connectivity index (χ1n) is 11.2. The Hall–Kier alpha value is -3.95. The van der Waals surface area contributed by atoms with Crippen LogP contribution >= 0.6 is 0 Å². The van der Waals surface area contributed by atoms with Crippen LogP contribution in [0.15, 0.2) is 60.9 Å². The number of pyridine rings is 1. The van der Waals surface area contributed by atoms with Crippen molar-refractivity contribution in [3.05, 3.63) is 77.9 Å². The minimum absolute atomic E-state index is 0.0593. The summed E-state index contributed by atoms with van der Waals surface area (Å²) in [5, 5.41) is 4.05. The summed E-state index contributed by atoms with van der Waals surface area (Å²) in [4.78, 5) is 23.7. The number of ether oxygens (including phenoxy) is 1. The molecule has 180 valence electrons. The van der Waals surface area contributed by atoms with Gasteiger partial charge in [-0.3, -0.25) is 9.78 Å². The van der Waals surface area contributed by atoms with E-state index in [9.17, 15) is 18.0 Å². The number of hydrogen-bond acceptors (Lipinski definition) is 5. The van der Waals surface area contributed by atoms with Crippen molar-refractivity contribution in [2.24, 2.45) is 0 Å². The first kappa shape index (κ1) is 22.8. The molecule has 0 bridgehead atoms. The fourth-order valence-corrected chi connectivity index (χ4v) is 4.45. The second kappa shape index (κ2) is 9.01. The molecule has 1 saturated heterocycles. The molecule has 0 saturated carbocycles. The van der Waals surface area contributed by atoms with E-state index in [1.165, 1.54) is 13.2 Å². The summed E-state index contributed by atoms with van der Waals surface area (Å²) < 4.78 is 47.9. The number of benzene rings is 1. The van der Waals surface area contributed by atoms with Crippen LogP contribution in [0, 0.1) is 0 Å². The number of piperidine rings is 1. The van der Waals surface area contributed by atoms with Gasteiger partial charge in [-0.2, -0.15) is 18.3 Å². The molecule has 0 N–H and O–H groups in total. The van der Waals surface area contributed by atoms with Crippen LogP contribution < -0.4 is 4.74 Å². The van der Waals surface area contributed by atoms with Gasteiger partial charge in [-0.05, 0) is 49.1 Å². The van der Waals surface area contributed by atoms with Gasteiger partial charge < -0.3 is 9.64 Å². The summed E-state index contributed by atoms with van der Waals surface area (Å²) in [6.45, 7) is 0.487. The van der Waals surface area contributed by atoms with Crippen molar-refractivity contribution >= 4 is 11.6 Å². The van der Waals surface area contributed by atoms with Crippen molar-refractivity contribution in [1.82, 2.24) is 24.5 Å². The molecule has 5 rings (SSSR count). The number of fused-ring (bicyclic) bond motifs is 1. The van der Waals surface area contributed by atoms with Crippen LogP contribution in [0.2, 0.25) is 0 Å². The van der Waals surface area contributed by atoms with Gasteiger partial charge in [0.25, 0.3) is 5.91 Å². The summed E-state index contributed by atoms with van der Waals surface area (Å²) in [6, 6.07) is 12.4. The predicted octanol–water partition coefficient (Wildman–Crippen LogP) is 5.19. The Bertz CT molecular complexity index is 1370. The molecule has 0 unspecified atom stereocenters. The van der Waals surface area contributed by atoms with Gasteiger partial charge in [0.15, 0.2) is 17.0 Å². The van der Waals surface area contributed by atoms with Crippen molar-refractivity contribution in [3.63, 3.8) is 0 Å². The van der Waals surface area contributed by atoms with Gasteiger partial charge in [-0.25, -0.2) is 9.50 Å². The Balaban J connectivity index is 1.58. The van der Waals surface area contributed by atoms with Crippen LogP contribution in [0.4, 0.5) is 13.2 Å². The second-order valence-corrected chi connectivity index (χ2v) is 8.35. The summed E-state index contributed by atoms with van der Waals surface area (Å²) in [5.74, 6) is 0.0637. The molecule has 1 fully saturated rings. The number of alkyl halides is 3. The van der Waals surface area contributed by atoms with Crippen molar-refractivity contribution in [1.29, 1.82) is 0 Å². The van der Waals surface area contributed by atoms with E-state index in [0.29, 0.717) is 22.4 Å². The molecule has 0 spiro atoms. The molecule has 4 aromatic rings. The normalized spacial score (nSPS) is 16.5. The van der Waals surface area contributed by atoms with Crippen molar-refractivity contribution in [2.75, 3.05) is 13.7 Å². The highest BCUT2D eigenvalue weighted by Crippen LogP contribution is 2.34. The SMILES string of the molecule is COc1cccc(-c2cc(C(F)(F)F)n3nc(C(=O)N4CCCC[C@@H]4c4cccnc4)cc3n2)c1. The smallest absolute Gasteiger partial charge is 0.433 e. The highest BCUT2D eigenvalue weighted by molar-refractivity contribution is 5.93. The van der Waals surface area contributed by atoms with E-state index in [1.807, 2.05) is 6.07 Å². The van der Waals surface area contributed by atoms with E-state index in [1.54, 1.807) is 47.6 Å². The van der Waals surface area contributed by atoms with Gasteiger partial charge in [0.2, 0.25) is 0 Å². The average Bonchev–Trinajstić information content (AvgIpc) is 3.32. The number of carbonyl (C=O) groups excluding carboxylic acids is 1. The Morgan fingerprint density at radius 2 is 1.97 bits per heavy atom. The zero-order chi connectivity index (χ0) is 24.6. The molecule has 3 aromatic heterocycles. The second-order valence-electron chi connectivity index (χ2n) is 8.35. The summed E-state index contributed by atoms with van der Waals surface area (Å²) in [6.07, 6.45) is 1.16. The molecule has 1 amide bonds. The fraction of sp³-hybridized carbons (Fsp3) is 0.280. The number of halogens is 3. The molecule has 0 radical (unpaired) electrons. The number of rotatable bonds is 4. The Labute approximate surface area is 199 Å². The van der Waals surface area contributed by atoms with Crippen LogP contribution in [-0.4, -0.2) is 44.0 Å². The lowest BCUT2D eigenvalue weighted by Crippen LogP contribution is -2.38.